The standard InChI is InChI=1S/C24H29N3/c1-18-11-13-20(14-12-18)23(27-15-4-5-16-27)17-26-24(25)22-10-6-8-19-7-2-3-9-21(19)22/h2-3,6-14,23-24,26H,4-5,15-17,25H2,1H3. The summed E-state index contributed by atoms with van der Waals surface area (Å²) in [6.45, 7) is 5.34. The van der Waals surface area contributed by atoms with Crippen LogP contribution in [0.1, 0.15) is 41.7 Å². The van der Waals surface area contributed by atoms with E-state index in [4.69, 9.17) is 5.73 Å². The van der Waals surface area contributed by atoms with Crippen LogP contribution < -0.4 is 11.1 Å². The van der Waals surface area contributed by atoms with Crippen molar-refractivity contribution in [3.8, 4) is 0 Å². The third-order valence-corrected chi connectivity index (χ3v) is 5.73. The minimum atomic E-state index is -0.174. The van der Waals surface area contributed by atoms with Crippen LogP contribution >= 0.6 is 0 Å². The van der Waals surface area contributed by atoms with Crippen molar-refractivity contribution in [2.45, 2.75) is 32.0 Å². The van der Waals surface area contributed by atoms with Crippen LogP contribution in [0.4, 0.5) is 0 Å². The molecule has 0 amide bonds. The Labute approximate surface area is 162 Å². The summed E-state index contributed by atoms with van der Waals surface area (Å²) in [5, 5.41) is 6.08. The Hall–Kier alpha value is -2.20. The fourth-order valence-corrected chi connectivity index (χ4v) is 4.17. The Balaban J connectivity index is 1.53. The van der Waals surface area contributed by atoms with Gasteiger partial charge >= 0.3 is 0 Å². The van der Waals surface area contributed by atoms with E-state index in [2.05, 4.69) is 83.9 Å². The van der Waals surface area contributed by atoms with Gasteiger partial charge in [-0.2, -0.15) is 0 Å². The Kier molecular flexibility index (Phi) is 5.53. The van der Waals surface area contributed by atoms with Gasteiger partial charge < -0.3 is 5.73 Å². The lowest BCUT2D eigenvalue weighted by Crippen LogP contribution is -2.38. The molecule has 1 saturated heterocycles. The van der Waals surface area contributed by atoms with Crippen molar-refractivity contribution >= 4 is 10.8 Å². The van der Waals surface area contributed by atoms with Gasteiger partial charge in [-0.15, -0.1) is 0 Å². The van der Waals surface area contributed by atoms with Gasteiger partial charge in [0.05, 0.1) is 6.17 Å². The second-order valence-corrected chi connectivity index (χ2v) is 7.62. The van der Waals surface area contributed by atoms with Crippen LogP contribution in [0.5, 0.6) is 0 Å². The topological polar surface area (TPSA) is 41.3 Å². The van der Waals surface area contributed by atoms with E-state index >= 15 is 0 Å². The molecule has 3 N–H and O–H groups in total. The molecule has 1 aliphatic rings. The van der Waals surface area contributed by atoms with Crippen LogP contribution in [-0.2, 0) is 0 Å². The zero-order valence-electron chi connectivity index (χ0n) is 16.1. The first-order valence-corrected chi connectivity index (χ1v) is 9.99. The first-order chi connectivity index (χ1) is 13.2. The lowest BCUT2D eigenvalue weighted by molar-refractivity contribution is 0.233. The van der Waals surface area contributed by atoms with E-state index in [9.17, 15) is 0 Å². The van der Waals surface area contributed by atoms with Crippen molar-refractivity contribution in [1.29, 1.82) is 0 Å². The molecule has 2 atom stereocenters. The van der Waals surface area contributed by atoms with Crippen LogP contribution in [-0.4, -0.2) is 24.5 Å². The summed E-state index contributed by atoms with van der Waals surface area (Å²) in [5.74, 6) is 0. The molecule has 1 fully saturated rings. The molecule has 3 heteroatoms. The second-order valence-electron chi connectivity index (χ2n) is 7.62. The van der Waals surface area contributed by atoms with Gasteiger partial charge in [0.15, 0.2) is 0 Å². The predicted molar refractivity (Wildman–Crippen MR) is 114 cm³/mol. The lowest BCUT2D eigenvalue weighted by Gasteiger charge is -2.30. The zero-order valence-corrected chi connectivity index (χ0v) is 16.1. The number of rotatable bonds is 6. The summed E-state index contributed by atoms with van der Waals surface area (Å²) in [6.07, 6.45) is 2.40. The van der Waals surface area contributed by atoms with Gasteiger partial charge in [0, 0.05) is 12.6 Å². The molecule has 3 aromatic carbocycles. The Bertz CT molecular complexity index is 876. The third kappa shape index (κ3) is 4.06. The first kappa shape index (κ1) is 18.2. The van der Waals surface area contributed by atoms with Gasteiger partial charge in [0.1, 0.15) is 0 Å². The summed E-state index contributed by atoms with van der Waals surface area (Å²) >= 11 is 0. The van der Waals surface area contributed by atoms with Crippen molar-refractivity contribution in [2.24, 2.45) is 5.73 Å². The van der Waals surface area contributed by atoms with Crippen LogP contribution in [0.25, 0.3) is 10.8 Å². The summed E-state index contributed by atoms with van der Waals surface area (Å²) < 4.78 is 0. The molecule has 3 nitrogen and oxygen atoms in total. The van der Waals surface area contributed by atoms with Gasteiger partial charge in [-0.1, -0.05) is 72.3 Å². The van der Waals surface area contributed by atoms with Crippen LogP contribution in [0.2, 0.25) is 0 Å². The molecule has 3 aromatic rings. The highest BCUT2D eigenvalue weighted by Gasteiger charge is 2.24. The van der Waals surface area contributed by atoms with Gasteiger partial charge in [-0.05, 0) is 54.8 Å². The average Bonchev–Trinajstić information content (AvgIpc) is 3.23. The van der Waals surface area contributed by atoms with Crippen LogP contribution in [0, 0.1) is 6.92 Å². The molecule has 4 rings (SSSR count). The van der Waals surface area contributed by atoms with Crippen molar-refractivity contribution in [1.82, 2.24) is 10.2 Å². The highest BCUT2D eigenvalue weighted by atomic mass is 15.2. The number of likely N-dealkylation sites (tertiary alicyclic amines) is 1. The molecule has 0 radical (unpaired) electrons. The Morgan fingerprint density at radius 3 is 2.41 bits per heavy atom. The Morgan fingerprint density at radius 2 is 1.63 bits per heavy atom. The third-order valence-electron chi connectivity index (χ3n) is 5.73. The van der Waals surface area contributed by atoms with Crippen LogP contribution in [0.15, 0.2) is 66.7 Å². The summed E-state index contributed by atoms with van der Waals surface area (Å²) in [6, 6.07) is 24.2. The largest absolute Gasteiger partial charge is 0.312 e. The van der Waals surface area contributed by atoms with E-state index in [1.807, 2.05) is 0 Å². The maximum Gasteiger partial charge on any atom is 0.0816 e. The molecular formula is C24H29N3. The maximum atomic E-state index is 6.58. The lowest BCUT2D eigenvalue weighted by atomic mass is 10.0. The smallest absolute Gasteiger partial charge is 0.0816 e. The molecule has 0 saturated carbocycles. The molecule has 27 heavy (non-hydrogen) atoms. The number of hydrogen-bond donors (Lipinski definition) is 2. The molecule has 1 heterocycles. The molecule has 140 valence electrons. The fourth-order valence-electron chi connectivity index (χ4n) is 4.17. The zero-order chi connectivity index (χ0) is 18.6. The monoisotopic (exact) mass is 359 g/mol. The van der Waals surface area contributed by atoms with Gasteiger partial charge in [-0.25, -0.2) is 0 Å². The highest BCUT2D eigenvalue weighted by molar-refractivity contribution is 5.86. The number of hydrogen-bond acceptors (Lipinski definition) is 3. The predicted octanol–water partition coefficient (Wildman–Crippen LogP) is 4.53. The normalized spacial score (nSPS) is 17.3. The molecule has 0 aromatic heterocycles. The Morgan fingerprint density at radius 1 is 0.926 bits per heavy atom. The maximum absolute atomic E-state index is 6.58. The number of nitrogens with one attached hydrogen (secondary N) is 1. The molecular weight excluding hydrogens is 330 g/mol. The summed E-state index contributed by atoms with van der Waals surface area (Å²) in [7, 11) is 0. The van der Waals surface area contributed by atoms with Gasteiger partial charge in [-0.3, -0.25) is 10.2 Å². The minimum absolute atomic E-state index is 0.174. The van der Waals surface area contributed by atoms with Gasteiger partial charge in [0.25, 0.3) is 0 Å². The van der Waals surface area contributed by atoms with E-state index < -0.39 is 0 Å². The fraction of sp³-hybridized carbons (Fsp3) is 0.333. The highest BCUT2D eigenvalue weighted by Crippen LogP contribution is 2.27. The number of benzene rings is 3. The van der Waals surface area contributed by atoms with E-state index in [1.54, 1.807) is 0 Å². The van der Waals surface area contributed by atoms with Crippen molar-refractivity contribution in [2.75, 3.05) is 19.6 Å². The van der Waals surface area contributed by atoms with E-state index in [-0.39, 0.29) is 6.17 Å². The first-order valence-electron chi connectivity index (χ1n) is 9.99. The minimum Gasteiger partial charge on any atom is -0.312 e. The number of nitrogens with two attached hydrogens (primary N) is 1. The van der Waals surface area contributed by atoms with Crippen molar-refractivity contribution in [3.63, 3.8) is 0 Å². The van der Waals surface area contributed by atoms with Crippen molar-refractivity contribution in [3.05, 3.63) is 83.4 Å². The average molecular weight is 360 g/mol. The number of nitrogens with zero attached hydrogens (tertiary/aromatic N) is 1. The van der Waals surface area contributed by atoms with Gasteiger partial charge in [0.2, 0.25) is 0 Å². The summed E-state index contributed by atoms with van der Waals surface area (Å²) in [4.78, 5) is 2.59. The van der Waals surface area contributed by atoms with E-state index in [1.165, 1.54) is 47.8 Å². The van der Waals surface area contributed by atoms with Crippen LogP contribution in [0.3, 0.4) is 0 Å². The molecule has 0 aliphatic carbocycles. The quantitative estimate of drug-likeness (QED) is 0.635. The molecule has 1 aliphatic heterocycles. The second kappa shape index (κ2) is 8.22. The molecule has 0 bridgehead atoms. The number of aryl methyl sites for hydroxylation is 1. The van der Waals surface area contributed by atoms with E-state index in [0.717, 1.165) is 12.1 Å². The van der Waals surface area contributed by atoms with Crippen molar-refractivity contribution < 1.29 is 0 Å². The SMILES string of the molecule is Cc1ccc(C(CNC(N)c2cccc3ccccc23)N2CCCC2)cc1. The van der Waals surface area contributed by atoms with E-state index in [0.29, 0.717) is 6.04 Å². The number of fused-ring (bicyclic) bond motifs is 1. The molecule has 0 spiro atoms. The molecule has 2 unspecified atom stereocenters. The summed E-state index contributed by atoms with van der Waals surface area (Å²) in [5.41, 5.74) is 10.4.